The molecule has 2 atom stereocenters. The van der Waals surface area contributed by atoms with Crippen molar-refractivity contribution >= 4 is 17.9 Å². The molecule has 0 saturated heterocycles. The lowest BCUT2D eigenvalue weighted by Crippen LogP contribution is -2.43. The van der Waals surface area contributed by atoms with Crippen molar-refractivity contribution in [2.24, 2.45) is 0 Å². The van der Waals surface area contributed by atoms with Gasteiger partial charge in [-0.2, -0.15) is 0 Å². The third-order valence-corrected chi connectivity index (χ3v) is 2.01. The second-order valence-corrected chi connectivity index (χ2v) is 3.84. The summed E-state index contributed by atoms with van der Waals surface area (Å²) in [6, 6.07) is 0. The summed E-state index contributed by atoms with van der Waals surface area (Å²) in [4.78, 5) is 32.5. The number of carboxylic acids is 2. The van der Waals surface area contributed by atoms with Crippen molar-refractivity contribution < 1.29 is 39.2 Å². The van der Waals surface area contributed by atoms with Crippen molar-refractivity contribution in [2.75, 3.05) is 13.7 Å². The van der Waals surface area contributed by atoms with Gasteiger partial charge >= 0.3 is 17.9 Å². The highest BCUT2D eigenvalue weighted by molar-refractivity contribution is 5.88. The quantitative estimate of drug-likeness (QED) is 0.488. The van der Waals surface area contributed by atoms with E-state index in [0.717, 1.165) is 0 Å². The summed E-state index contributed by atoms with van der Waals surface area (Å²) in [6.45, 7) is 1.62. The van der Waals surface area contributed by atoms with Crippen molar-refractivity contribution in [1.29, 1.82) is 0 Å². The predicted molar refractivity (Wildman–Crippen MR) is 56.9 cm³/mol. The Balaban J connectivity index is 4.55. The van der Waals surface area contributed by atoms with Gasteiger partial charge in [0.25, 0.3) is 0 Å². The first-order valence-corrected chi connectivity index (χ1v) is 5.07. The van der Waals surface area contributed by atoms with Crippen LogP contribution in [0.3, 0.4) is 0 Å². The zero-order valence-electron chi connectivity index (χ0n) is 10.1. The molecule has 0 saturated carbocycles. The number of aliphatic hydroxyl groups is 1. The molecular weight excluding hydrogens is 248 g/mol. The monoisotopic (exact) mass is 264 g/mol. The summed E-state index contributed by atoms with van der Waals surface area (Å²) >= 11 is 0. The van der Waals surface area contributed by atoms with E-state index in [-0.39, 0.29) is 6.61 Å². The number of carboxylic acid groups (broad SMARTS) is 2. The summed E-state index contributed by atoms with van der Waals surface area (Å²) in [5, 5.41) is 26.8. The maximum absolute atomic E-state index is 11.3. The van der Waals surface area contributed by atoms with Crippen LogP contribution in [0, 0.1) is 0 Å². The van der Waals surface area contributed by atoms with E-state index in [2.05, 4.69) is 0 Å². The number of esters is 1. The average molecular weight is 264 g/mol. The second kappa shape index (κ2) is 6.92. The van der Waals surface area contributed by atoms with Gasteiger partial charge in [0.15, 0.2) is 5.60 Å². The molecule has 0 aliphatic heterocycles. The Bertz CT molecular complexity index is 326. The van der Waals surface area contributed by atoms with Crippen molar-refractivity contribution in [3.05, 3.63) is 0 Å². The molecule has 0 spiro atoms. The molecule has 0 amide bonds. The Kier molecular flexibility index (Phi) is 6.28. The molecule has 0 aliphatic rings. The number of ether oxygens (including phenoxy) is 2. The van der Waals surface area contributed by atoms with Crippen molar-refractivity contribution in [1.82, 2.24) is 0 Å². The molecule has 0 aromatic heterocycles. The normalized spacial score (nSPS) is 15.5. The summed E-state index contributed by atoms with van der Waals surface area (Å²) in [7, 11) is 1.39. The highest BCUT2D eigenvalue weighted by Gasteiger charge is 2.41. The lowest BCUT2D eigenvalue weighted by atomic mass is 9.96. The maximum Gasteiger partial charge on any atom is 0.336 e. The summed E-state index contributed by atoms with van der Waals surface area (Å²) in [5.41, 5.74) is -2.67. The minimum absolute atomic E-state index is 0.107. The van der Waals surface area contributed by atoms with Gasteiger partial charge in [-0.3, -0.25) is 9.59 Å². The minimum atomic E-state index is -2.67. The first-order valence-electron chi connectivity index (χ1n) is 5.07. The van der Waals surface area contributed by atoms with Crippen LogP contribution in [0.25, 0.3) is 0 Å². The van der Waals surface area contributed by atoms with Gasteiger partial charge in [-0.1, -0.05) is 0 Å². The van der Waals surface area contributed by atoms with Crippen LogP contribution in [0.2, 0.25) is 0 Å². The fraction of sp³-hybridized carbons (Fsp3) is 0.700. The average Bonchev–Trinajstić information content (AvgIpc) is 2.15. The zero-order valence-corrected chi connectivity index (χ0v) is 10.1. The van der Waals surface area contributed by atoms with Crippen LogP contribution in [-0.4, -0.2) is 58.6 Å². The largest absolute Gasteiger partial charge is 0.481 e. The van der Waals surface area contributed by atoms with E-state index in [4.69, 9.17) is 19.7 Å². The van der Waals surface area contributed by atoms with E-state index in [1.165, 1.54) is 14.0 Å². The number of hydrogen-bond donors (Lipinski definition) is 3. The van der Waals surface area contributed by atoms with Crippen LogP contribution in [0.1, 0.15) is 19.8 Å². The lowest BCUT2D eigenvalue weighted by Gasteiger charge is -2.21. The smallest absolute Gasteiger partial charge is 0.336 e. The molecule has 2 unspecified atom stereocenters. The molecule has 104 valence electrons. The minimum Gasteiger partial charge on any atom is -0.481 e. The highest BCUT2D eigenvalue weighted by atomic mass is 16.6. The standard InChI is InChI=1S/C10H16O8/c1-6(5-17-2)18-8(13)4-10(16,9(14)15)3-7(11)12/h6,16H,3-5H2,1-2H3,(H,11,12)(H,14,15). The van der Waals surface area contributed by atoms with Gasteiger partial charge in [0.1, 0.15) is 6.10 Å². The Labute approximate surface area is 103 Å². The van der Waals surface area contributed by atoms with E-state index in [0.29, 0.717) is 0 Å². The molecule has 0 aliphatic carbocycles. The summed E-state index contributed by atoms with van der Waals surface area (Å²) in [5.74, 6) is -4.33. The molecule has 18 heavy (non-hydrogen) atoms. The highest BCUT2D eigenvalue weighted by Crippen LogP contribution is 2.17. The molecule has 0 rings (SSSR count). The van der Waals surface area contributed by atoms with Crippen LogP contribution in [-0.2, 0) is 23.9 Å². The van der Waals surface area contributed by atoms with E-state index in [9.17, 15) is 19.5 Å². The number of rotatable bonds is 8. The van der Waals surface area contributed by atoms with Crippen LogP contribution in [0.4, 0.5) is 0 Å². The number of carbonyl (C=O) groups is 3. The first kappa shape index (κ1) is 16.3. The topological polar surface area (TPSA) is 130 Å². The molecule has 0 radical (unpaired) electrons. The van der Waals surface area contributed by atoms with Gasteiger partial charge in [0.2, 0.25) is 0 Å². The number of aliphatic carboxylic acids is 2. The predicted octanol–water partition coefficient (Wildman–Crippen LogP) is -0.755. The molecule has 8 nitrogen and oxygen atoms in total. The van der Waals surface area contributed by atoms with Gasteiger partial charge in [-0.05, 0) is 6.92 Å². The Morgan fingerprint density at radius 2 is 1.78 bits per heavy atom. The summed E-state index contributed by atoms with van der Waals surface area (Å²) in [6.07, 6.45) is -2.65. The second-order valence-electron chi connectivity index (χ2n) is 3.84. The fourth-order valence-corrected chi connectivity index (χ4v) is 1.24. The van der Waals surface area contributed by atoms with Gasteiger partial charge < -0.3 is 24.8 Å². The lowest BCUT2D eigenvalue weighted by molar-refractivity contribution is -0.174. The van der Waals surface area contributed by atoms with Crippen molar-refractivity contribution in [3.63, 3.8) is 0 Å². The molecular formula is C10H16O8. The van der Waals surface area contributed by atoms with E-state index in [1.54, 1.807) is 0 Å². The van der Waals surface area contributed by atoms with Crippen LogP contribution in [0.15, 0.2) is 0 Å². The van der Waals surface area contributed by atoms with Crippen LogP contribution in [0.5, 0.6) is 0 Å². The molecule has 3 N–H and O–H groups in total. The first-order chi connectivity index (χ1) is 8.21. The third kappa shape index (κ3) is 5.60. The SMILES string of the molecule is COCC(C)OC(=O)CC(O)(CC(=O)O)C(=O)O. The van der Waals surface area contributed by atoms with E-state index in [1.807, 2.05) is 0 Å². The van der Waals surface area contributed by atoms with Gasteiger partial charge in [0.05, 0.1) is 19.4 Å². The molecule has 0 fully saturated rings. The Hall–Kier alpha value is -1.67. The number of hydrogen-bond acceptors (Lipinski definition) is 6. The zero-order chi connectivity index (χ0) is 14.3. The van der Waals surface area contributed by atoms with Crippen molar-refractivity contribution in [3.8, 4) is 0 Å². The molecule has 0 aromatic rings. The third-order valence-electron chi connectivity index (χ3n) is 2.01. The van der Waals surface area contributed by atoms with Gasteiger partial charge in [-0.25, -0.2) is 4.79 Å². The summed E-state index contributed by atoms with van der Waals surface area (Å²) < 4.78 is 9.43. The van der Waals surface area contributed by atoms with Crippen LogP contribution < -0.4 is 0 Å². The van der Waals surface area contributed by atoms with Crippen LogP contribution >= 0.6 is 0 Å². The molecule has 8 heteroatoms. The number of methoxy groups -OCH3 is 1. The van der Waals surface area contributed by atoms with Crippen molar-refractivity contribution in [2.45, 2.75) is 31.5 Å². The van der Waals surface area contributed by atoms with Gasteiger partial charge in [0, 0.05) is 7.11 Å². The molecule has 0 aromatic carbocycles. The van der Waals surface area contributed by atoms with E-state index < -0.39 is 42.5 Å². The fourth-order valence-electron chi connectivity index (χ4n) is 1.24. The van der Waals surface area contributed by atoms with Gasteiger partial charge in [-0.15, -0.1) is 0 Å². The maximum atomic E-state index is 11.3. The Morgan fingerprint density at radius 3 is 2.17 bits per heavy atom. The number of carbonyl (C=O) groups excluding carboxylic acids is 1. The van der Waals surface area contributed by atoms with E-state index >= 15 is 0 Å². The Morgan fingerprint density at radius 1 is 1.22 bits per heavy atom. The molecule has 0 heterocycles. The molecule has 0 bridgehead atoms.